The summed E-state index contributed by atoms with van der Waals surface area (Å²) in [5, 5.41) is 22.0. The number of hydrogen-bond acceptors (Lipinski definition) is 4. The van der Waals surface area contributed by atoms with Crippen molar-refractivity contribution in [1.29, 1.82) is 0 Å². The van der Waals surface area contributed by atoms with Gasteiger partial charge in [0.25, 0.3) is 8.32 Å². The van der Waals surface area contributed by atoms with Gasteiger partial charge in [-0.2, -0.15) is 0 Å². The van der Waals surface area contributed by atoms with E-state index in [1.165, 1.54) is 10.4 Å². The maximum Gasteiger partial charge on any atom is 0.488 e. The molecule has 192 valence electrons. The van der Waals surface area contributed by atoms with Gasteiger partial charge in [0, 0.05) is 5.56 Å². The summed E-state index contributed by atoms with van der Waals surface area (Å²) in [6, 6.07) is 26.6. The van der Waals surface area contributed by atoms with Crippen molar-refractivity contribution in [3.8, 4) is 5.75 Å². The van der Waals surface area contributed by atoms with Gasteiger partial charge < -0.3 is 18.9 Å². The van der Waals surface area contributed by atoms with E-state index in [1.807, 2.05) is 18.2 Å². The Morgan fingerprint density at radius 3 is 1.64 bits per heavy atom. The van der Waals surface area contributed by atoms with Crippen molar-refractivity contribution in [2.75, 3.05) is 0 Å². The first-order valence-electron chi connectivity index (χ1n) is 12.6. The third-order valence-corrected chi connectivity index (χ3v) is 16.7. The van der Waals surface area contributed by atoms with Crippen molar-refractivity contribution in [1.82, 2.24) is 0 Å². The second-order valence-corrected chi connectivity index (χ2v) is 21.1. The summed E-state index contributed by atoms with van der Waals surface area (Å²) in [6.07, 6.45) is 0. The van der Waals surface area contributed by atoms with Crippen molar-refractivity contribution in [2.24, 2.45) is 0 Å². The lowest BCUT2D eigenvalue weighted by Gasteiger charge is -2.43. The van der Waals surface area contributed by atoms with Gasteiger partial charge >= 0.3 is 7.12 Å². The van der Waals surface area contributed by atoms with Crippen molar-refractivity contribution in [3.63, 3.8) is 0 Å². The first-order chi connectivity index (χ1) is 16.7. The van der Waals surface area contributed by atoms with E-state index in [1.54, 1.807) is 12.1 Å². The van der Waals surface area contributed by atoms with Crippen LogP contribution in [0.15, 0.2) is 78.9 Å². The third-order valence-electron chi connectivity index (χ3n) is 7.42. The fourth-order valence-corrected chi connectivity index (χ4v) is 9.90. The molecular weight excluding hydrogens is 479 g/mol. The lowest BCUT2D eigenvalue weighted by Crippen LogP contribution is -2.66. The second-order valence-electron chi connectivity index (χ2n) is 12.1. The Morgan fingerprint density at radius 2 is 1.22 bits per heavy atom. The highest BCUT2D eigenvalue weighted by Crippen LogP contribution is 2.40. The second kappa shape index (κ2) is 10.7. The van der Waals surface area contributed by atoms with E-state index in [-0.39, 0.29) is 10.1 Å². The molecule has 0 aromatic heterocycles. The normalized spacial score (nSPS) is 12.9. The van der Waals surface area contributed by atoms with E-state index in [4.69, 9.17) is 8.85 Å². The zero-order chi connectivity index (χ0) is 26.8. The molecule has 0 amide bonds. The Hall–Kier alpha value is -2.16. The van der Waals surface area contributed by atoms with Crippen molar-refractivity contribution >= 4 is 39.6 Å². The first-order valence-corrected chi connectivity index (χ1v) is 17.4. The maximum atomic E-state index is 9.85. The summed E-state index contributed by atoms with van der Waals surface area (Å²) in [5.41, 5.74) is 1.33. The highest BCUT2D eigenvalue weighted by atomic mass is 28.4. The predicted molar refractivity (Wildman–Crippen MR) is 157 cm³/mol. The molecule has 7 heteroatoms. The SMILES string of the molecule is CC(C)(C)[Si](C)(C)Oc1cc(B(O)O)ccc1CO[Si](c1ccccc1)(c1ccccc1)C(C)(C)C. The Bertz CT molecular complexity index is 1100. The summed E-state index contributed by atoms with van der Waals surface area (Å²) in [6.45, 7) is 18.1. The van der Waals surface area contributed by atoms with Crippen LogP contribution in [0.1, 0.15) is 47.1 Å². The minimum Gasteiger partial charge on any atom is -0.543 e. The summed E-state index contributed by atoms with van der Waals surface area (Å²) in [4.78, 5) is 0. The van der Waals surface area contributed by atoms with Crippen LogP contribution in [0.25, 0.3) is 0 Å². The molecule has 0 spiro atoms. The molecule has 3 rings (SSSR count). The number of rotatable bonds is 8. The fourth-order valence-electron chi connectivity index (χ4n) is 4.32. The smallest absolute Gasteiger partial charge is 0.488 e. The largest absolute Gasteiger partial charge is 0.543 e. The number of hydrogen-bond donors (Lipinski definition) is 2. The third kappa shape index (κ3) is 5.87. The minimum absolute atomic E-state index is 0.00302. The van der Waals surface area contributed by atoms with Crippen LogP contribution in [0.5, 0.6) is 5.75 Å². The van der Waals surface area contributed by atoms with E-state index in [0.717, 1.165) is 5.56 Å². The van der Waals surface area contributed by atoms with Crippen LogP contribution in [0.4, 0.5) is 0 Å². The Morgan fingerprint density at radius 1 is 0.722 bits per heavy atom. The standard InChI is InChI=1S/C29H41BO4Si2/c1-28(2,3)35(7,8)34-27-21-24(30(31)32)20-19-23(27)22-33-36(29(4,5)6,25-15-11-9-12-16-25)26-17-13-10-14-18-26/h9-21,31-32H,22H2,1-8H3. The Balaban J connectivity index is 2.12. The van der Waals surface area contributed by atoms with E-state index in [2.05, 4.69) is 103 Å². The predicted octanol–water partition coefficient (Wildman–Crippen LogP) is 4.83. The molecule has 3 aromatic rings. The van der Waals surface area contributed by atoms with Crippen LogP contribution in [-0.2, 0) is 11.0 Å². The fraction of sp³-hybridized carbons (Fsp3) is 0.379. The first kappa shape index (κ1) is 28.4. The topological polar surface area (TPSA) is 58.9 Å². The number of benzene rings is 3. The highest BCUT2D eigenvalue weighted by Gasteiger charge is 2.50. The molecule has 0 aliphatic heterocycles. The van der Waals surface area contributed by atoms with Gasteiger partial charge in [0.2, 0.25) is 8.32 Å². The van der Waals surface area contributed by atoms with Crippen LogP contribution in [-0.4, -0.2) is 33.8 Å². The molecule has 3 aromatic carbocycles. The average Bonchev–Trinajstić information content (AvgIpc) is 2.79. The van der Waals surface area contributed by atoms with Crippen molar-refractivity contribution in [2.45, 2.75) is 71.3 Å². The monoisotopic (exact) mass is 520 g/mol. The lowest BCUT2D eigenvalue weighted by atomic mass is 9.80. The van der Waals surface area contributed by atoms with Gasteiger partial charge in [-0.05, 0) is 45.1 Å². The van der Waals surface area contributed by atoms with Gasteiger partial charge in [-0.3, -0.25) is 0 Å². The molecule has 0 heterocycles. The van der Waals surface area contributed by atoms with Crippen LogP contribution in [0.2, 0.25) is 23.2 Å². The zero-order valence-corrected chi connectivity index (χ0v) is 25.0. The molecule has 0 radical (unpaired) electrons. The van der Waals surface area contributed by atoms with Crippen LogP contribution < -0.4 is 20.3 Å². The van der Waals surface area contributed by atoms with Crippen molar-refractivity contribution in [3.05, 3.63) is 84.4 Å². The van der Waals surface area contributed by atoms with Crippen LogP contribution >= 0.6 is 0 Å². The lowest BCUT2D eigenvalue weighted by molar-refractivity contribution is 0.282. The Kier molecular flexibility index (Phi) is 8.43. The van der Waals surface area contributed by atoms with E-state index in [0.29, 0.717) is 17.8 Å². The zero-order valence-electron chi connectivity index (χ0n) is 23.0. The van der Waals surface area contributed by atoms with Gasteiger partial charge in [-0.25, -0.2) is 0 Å². The Labute approximate surface area is 219 Å². The maximum absolute atomic E-state index is 9.85. The molecule has 0 unspecified atom stereocenters. The minimum atomic E-state index is -2.73. The van der Waals surface area contributed by atoms with E-state index < -0.39 is 23.8 Å². The molecule has 4 nitrogen and oxygen atoms in total. The molecule has 0 fully saturated rings. The van der Waals surface area contributed by atoms with Gasteiger partial charge in [-0.1, -0.05) is 114 Å². The molecule has 0 aliphatic carbocycles. The molecular formula is C29H41BO4Si2. The van der Waals surface area contributed by atoms with Gasteiger partial charge in [0.15, 0.2) is 0 Å². The summed E-state index contributed by atoms with van der Waals surface area (Å²) in [5.74, 6) is 0.671. The highest BCUT2D eigenvalue weighted by molar-refractivity contribution is 6.99. The molecule has 0 atom stereocenters. The summed E-state index contributed by atoms with van der Waals surface area (Å²) in [7, 11) is -6.47. The summed E-state index contributed by atoms with van der Waals surface area (Å²) < 4.78 is 13.8. The average molecular weight is 521 g/mol. The molecule has 2 N–H and O–H groups in total. The van der Waals surface area contributed by atoms with Crippen LogP contribution in [0, 0.1) is 0 Å². The van der Waals surface area contributed by atoms with Gasteiger partial charge in [0.1, 0.15) is 5.75 Å². The van der Waals surface area contributed by atoms with Crippen molar-refractivity contribution < 1.29 is 18.9 Å². The molecule has 0 bridgehead atoms. The molecule has 0 saturated carbocycles. The summed E-state index contributed by atoms with van der Waals surface area (Å²) >= 11 is 0. The molecule has 0 saturated heterocycles. The molecule has 0 aliphatic rings. The van der Waals surface area contributed by atoms with Crippen LogP contribution in [0.3, 0.4) is 0 Å². The molecule has 36 heavy (non-hydrogen) atoms. The van der Waals surface area contributed by atoms with E-state index in [9.17, 15) is 10.0 Å². The van der Waals surface area contributed by atoms with Gasteiger partial charge in [0.05, 0.1) is 6.61 Å². The van der Waals surface area contributed by atoms with Gasteiger partial charge in [-0.15, -0.1) is 0 Å². The quantitative estimate of drug-likeness (QED) is 0.418. The van der Waals surface area contributed by atoms with E-state index >= 15 is 0 Å².